The molecule has 1 aliphatic heterocycles. The highest BCUT2D eigenvalue weighted by atomic mass is 79.9. The maximum absolute atomic E-state index is 12.2. The molecule has 0 radical (unpaired) electrons. The molecule has 1 aromatic rings. The van der Waals surface area contributed by atoms with Gasteiger partial charge < -0.3 is 15.2 Å². The fourth-order valence-electron chi connectivity index (χ4n) is 1.90. The Morgan fingerprint density at radius 1 is 1.48 bits per heavy atom. The quantitative estimate of drug-likeness (QED) is 0.872. The van der Waals surface area contributed by atoms with Crippen LogP contribution in [0.5, 0.6) is 5.75 Å². The lowest BCUT2D eigenvalue weighted by atomic mass is 9.98. The Morgan fingerprint density at radius 2 is 2.19 bits per heavy atom. The molecule has 1 aliphatic rings. The predicted octanol–water partition coefficient (Wildman–Crippen LogP) is 2.59. The van der Waals surface area contributed by atoms with E-state index < -0.39 is 17.4 Å². The SMILES string of the molecule is CCC(C)(NC(=O)C1=Cc2cc(Br)ccc2OC1)C(=O)O. The highest BCUT2D eigenvalue weighted by Gasteiger charge is 2.34. The van der Waals surface area contributed by atoms with Crippen LogP contribution in [0.25, 0.3) is 6.08 Å². The summed E-state index contributed by atoms with van der Waals surface area (Å²) in [5.41, 5.74) is -0.0917. The van der Waals surface area contributed by atoms with E-state index in [2.05, 4.69) is 21.2 Å². The van der Waals surface area contributed by atoms with Crippen LogP contribution in [-0.2, 0) is 9.59 Å². The molecular formula is C15H16BrNO4. The van der Waals surface area contributed by atoms with Crippen LogP contribution in [0.2, 0.25) is 0 Å². The minimum atomic E-state index is -1.28. The molecule has 1 amide bonds. The summed E-state index contributed by atoms with van der Waals surface area (Å²) < 4.78 is 6.40. The number of carboxylic acid groups (broad SMARTS) is 1. The average Bonchev–Trinajstić information content (AvgIpc) is 2.45. The number of halogens is 1. The topological polar surface area (TPSA) is 75.6 Å². The zero-order valence-electron chi connectivity index (χ0n) is 11.8. The summed E-state index contributed by atoms with van der Waals surface area (Å²) in [5, 5.41) is 11.8. The Balaban J connectivity index is 2.23. The number of amides is 1. The molecule has 1 unspecified atom stereocenters. The Kier molecular flexibility index (Phi) is 4.37. The number of carbonyl (C=O) groups excluding carboxylic acids is 1. The Morgan fingerprint density at radius 3 is 2.81 bits per heavy atom. The molecule has 21 heavy (non-hydrogen) atoms. The third kappa shape index (κ3) is 3.26. The maximum Gasteiger partial charge on any atom is 0.329 e. The first kappa shape index (κ1) is 15.6. The number of hydrogen-bond donors (Lipinski definition) is 2. The van der Waals surface area contributed by atoms with Gasteiger partial charge in [0.1, 0.15) is 17.9 Å². The van der Waals surface area contributed by atoms with Crippen molar-refractivity contribution in [3.05, 3.63) is 33.8 Å². The van der Waals surface area contributed by atoms with Crippen LogP contribution >= 0.6 is 15.9 Å². The molecular weight excluding hydrogens is 338 g/mol. The lowest BCUT2D eigenvalue weighted by Crippen LogP contribution is -2.52. The van der Waals surface area contributed by atoms with Gasteiger partial charge in [-0.25, -0.2) is 4.79 Å². The van der Waals surface area contributed by atoms with Gasteiger partial charge in [-0.2, -0.15) is 0 Å². The van der Waals surface area contributed by atoms with Crippen molar-refractivity contribution in [3.63, 3.8) is 0 Å². The maximum atomic E-state index is 12.2. The molecule has 0 bridgehead atoms. The zero-order valence-corrected chi connectivity index (χ0v) is 13.4. The summed E-state index contributed by atoms with van der Waals surface area (Å²) in [7, 11) is 0. The van der Waals surface area contributed by atoms with Crippen molar-refractivity contribution in [2.24, 2.45) is 0 Å². The van der Waals surface area contributed by atoms with Gasteiger partial charge >= 0.3 is 5.97 Å². The van der Waals surface area contributed by atoms with Crippen LogP contribution in [-0.4, -0.2) is 29.1 Å². The largest absolute Gasteiger partial charge is 0.488 e. The Labute approximate surface area is 131 Å². The number of carboxylic acids is 1. The molecule has 0 aliphatic carbocycles. The van der Waals surface area contributed by atoms with Crippen molar-refractivity contribution in [1.82, 2.24) is 5.32 Å². The van der Waals surface area contributed by atoms with E-state index in [4.69, 9.17) is 4.74 Å². The summed E-state index contributed by atoms with van der Waals surface area (Å²) in [6.07, 6.45) is 2.02. The van der Waals surface area contributed by atoms with Crippen molar-refractivity contribution >= 4 is 33.9 Å². The van der Waals surface area contributed by atoms with Gasteiger partial charge in [0.05, 0.1) is 5.57 Å². The molecule has 1 aromatic carbocycles. The minimum Gasteiger partial charge on any atom is -0.488 e. The van der Waals surface area contributed by atoms with Gasteiger partial charge in [0.2, 0.25) is 0 Å². The van der Waals surface area contributed by atoms with Gasteiger partial charge in [-0.1, -0.05) is 22.9 Å². The molecule has 0 fully saturated rings. The van der Waals surface area contributed by atoms with Crippen LogP contribution in [0, 0.1) is 0 Å². The number of rotatable bonds is 4. The van der Waals surface area contributed by atoms with E-state index in [1.54, 1.807) is 13.0 Å². The molecule has 2 N–H and O–H groups in total. The second-order valence-electron chi connectivity index (χ2n) is 5.09. The summed E-state index contributed by atoms with van der Waals surface area (Å²) in [4.78, 5) is 23.5. The van der Waals surface area contributed by atoms with Crippen molar-refractivity contribution in [1.29, 1.82) is 0 Å². The zero-order chi connectivity index (χ0) is 15.6. The van der Waals surface area contributed by atoms with Gasteiger partial charge in [-0.15, -0.1) is 0 Å². The van der Waals surface area contributed by atoms with E-state index in [1.165, 1.54) is 6.92 Å². The van der Waals surface area contributed by atoms with E-state index in [-0.39, 0.29) is 6.61 Å². The van der Waals surface area contributed by atoms with Crippen molar-refractivity contribution in [3.8, 4) is 5.75 Å². The van der Waals surface area contributed by atoms with E-state index >= 15 is 0 Å². The number of fused-ring (bicyclic) bond motifs is 1. The molecule has 5 nitrogen and oxygen atoms in total. The van der Waals surface area contributed by atoms with E-state index in [1.807, 2.05) is 18.2 Å². The van der Waals surface area contributed by atoms with Crippen LogP contribution in [0.1, 0.15) is 25.8 Å². The third-order valence-electron chi connectivity index (χ3n) is 3.54. The number of nitrogens with one attached hydrogen (secondary N) is 1. The number of carbonyl (C=O) groups is 2. The van der Waals surface area contributed by atoms with Crippen molar-refractivity contribution < 1.29 is 19.4 Å². The summed E-state index contributed by atoms with van der Waals surface area (Å²) in [5.74, 6) is -0.780. The fraction of sp³-hybridized carbons (Fsp3) is 0.333. The van der Waals surface area contributed by atoms with Crippen molar-refractivity contribution in [2.75, 3.05) is 6.61 Å². The van der Waals surface area contributed by atoms with Crippen LogP contribution in [0.15, 0.2) is 28.2 Å². The van der Waals surface area contributed by atoms with Crippen LogP contribution < -0.4 is 10.1 Å². The molecule has 6 heteroatoms. The van der Waals surface area contributed by atoms with Crippen LogP contribution in [0.3, 0.4) is 0 Å². The highest BCUT2D eigenvalue weighted by Crippen LogP contribution is 2.29. The molecule has 2 rings (SSSR count). The highest BCUT2D eigenvalue weighted by molar-refractivity contribution is 9.10. The molecule has 1 heterocycles. The van der Waals surface area contributed by atoms with E-state index in [0.29, 0.717) is 17.7 Å². The molecule has 0 aromatic heterocycles. The predicted molar refractivity (Wildman–Crippen MR) is 82.1 cm³/mol. The molecule has 0 saturated heterocycles. The number of hydrogen-bond acceptors (Lipinski definition) is 3. The molecule has 1 atom stereocenters. The lowest BCUT2D eigenvalue weighted by molar-refractivity contribution is -0.146. The van der Waals surface area contributed by atoms with Gasteiger partial charge in [0, 0.05) is 10.0 Å². The normalized spacial score (nSPS) is 16.0. The molecule has 0 spiro atoms. The first-order valence-corrected chi connectivity index (χ1v) is 7.34. The molecule has 0 saturated carbocycles. The first-order chi connectivity index (χ1) is 9.85. The van der Waals surface area contributed by atoms with E-state index in [9.17, 15) is 14.7 Å². The second-order valence-corrected chi connectivity index (χ2v) is 6.00. The first-order valence-electron chi connectivity index (χ1n) is 6.54. The van der Waals surface area contributed by atoms with Gasteiger partial charge in [-0.3, -0.25) is 4.79 Å². The summed E-state index contributed by atoms with van der Waals surface area (Å²) >= 11 is 3.36. The standard InChI is InChI=1S/C15H16BrNO4/c1-3-15(2,14(19)20)17-13(18)10-6-9-7-11(16)4-5-12(9)21-8-10/h4-7H,3,8H2,1-2H3,(H,17,18)(H,19,20). The van der Waals surface area contributed by atoms with Crippen LogP contribution in [0.4, 0.5) is 0 Å². The monoisotopic (exact) mass is 353 g/mol. The van der Waals surface area contributed by atoms with Crippen molar-refractivity contribution in [2.45, 2.75) is 25.8 Å². The minimum absolute atomic E-state index is 0.125. The number of benzene rings is 1. The smallest absolute Gasteiger partial charge is 0.329 e. The Hall–Kier alpha value is -1.82. The summed E-state index contributed by atoms with van der Waals surface area (Å²) in [6.45, 7) is 3.33. The summed E-state index contributed by atoms with van der Waals surface area (Å²) in [6, 6.07) is 5.52. The number of aliphatic carboxylic acids is 1. The van der Waals surface area contributed by atoms with Gasteiger partial charge in [-0.05, 0) is 37.6 Å². The number of ether oxygens (including phenoxy) is 1. The van der Waals surface area contributed by atoms with Gasteiger partial charge in [0.25, 0.3) is 5.91 Å². The Bertz CT molecular complexity index is 626. The second kappa shape index (κ2) is 5.89. The molecule has 112 valence electrons. The average molecular weight is 354 g/mol. The fourth-order valence-corrected chi connectivity index (χ4v) is 2.28. The van der Waals surface area contributed by atoms with Gasteiger partial charge in [0.15, 0.2) is 0 Å². The third-order valence-corrected chi connectivity index (χ3v) is 4.04. The lowest BCUT2D eigenvalue weighted by Gasteiger charge is -2.26. The van der Waals surface area contributed by atoms with E-state index in [0.717, 1.165) is 10.0 Å².